The SMILES string of the molecule is O[C@@H](COc1ccc(OCc2ccccc2)cc1)Cn1nnc2ccccc21. The molecule has 4 rings (SSSR count). The molecule has 1 atom stereocenters. The summed E-state index contributed by atoms with van der Waals surface area (Å²) in [4.78, 5) is 0. The number of nitrogens with zero attached hydrogens (tertiary/aromatic N) is 3. The standard InChI is InChI=1S/C22H21N3O3/c26-18(14-25-22-9-5-4-8-21(22)23-24-25)16-28-20-12-10-19(11-13-20)27-15-17-6-2-1-3-7-17/h1-13,18,26H,14-16H2/t18-/m1/s1. The molecule has 0 radical (unpaired) electrons. The fraction of sp³-hybridized carbons (Fsp3) is 0.182. The van der Waals surface area contributed by atoms with E-state index in [1.54, 1.807) is 4.68 Å². The van der Waals surface area contributed by atoms with Crippen LogP contribution in [0.15, 0.2) is 78.9 Å². The first-order chi connectivity index (χ1) is 13.8. The second kappa shape index (κ2) is 8.54. The lowest BCUT2D eigenvalue weighted by Gasteiger charge is -2.13. The molecular formula is C22H21N3O3. The van der Waals surface area contributed by atoms with E-state index < -0.39 is 6.10 Å². The molecule has 0 saturated heterocycles. The first-order valence-corrected chi connectivity index (χ1v) is 9.14. The Balaban J connectivity index is 1.27. The lowest BCUT2D eigenvalue weighted by molar-refractivity contribution is 0.0899. The van der Waals surface area contributed by atoms with Gasteiger partial charge in [-0.05, 0) is 42.0 Å². The molecule has 6 heteroatoms. The largest absolute Gasteiger partial charge is 0.491 e. The number of hydrogen-bond donors (Lipinski definition) is 1. The van der Waals surface area contributed by atoms with Gasteiger partial charge in [0.2, 0.25) is 0 Å². The molecule has 0 fully saturated rings. The smallest absolute Gasteiger partial charge is 0.120 e. The normalized spacial score (nSPS) is 12.0. The number of para-hydroxylation sites is 1. The predicted molar refractivity (Wildman–Crippen MR) is 106 cm³/mol. The number of fused-ring (bicyclic) bond motifs is 1. The number of hydrogen-bond acceptors (Lipinski definition) is 5. The molecule has 0 bridgehead atoms. The van der Waals surface area contributed by atoms with Crippen LogP contribution in [-0.2, 0) is 13.2 Å². The first kappa shape index (κ1) is 18.0. The number of aliphatic hydroxyl groups is 1. The Hall–Kier alpha value is -3.38. The maximum absolute atomic E-state index is 10.3. The van der Waals surface area contributed by atoms with E-state index in [0.29, 0.717) is 18.9 Å². The third-order valence-corrected chi connectivity index (χ3v) is 4.32. The van der Waals surface area contributed by atoms with Crippen molar-refractivity contribution >= 4 is 11.0 Å². The Morgan fingerprint density at radius 2 is 1.50 bits per heavy atom. The van der Waals surface area contributed by atoms with Crippen molar-refractivity contribution in [3.05, 3.63) is 84.4 Å². The molecule has 0 aliphatic rings. The number of aliphatic hydroxyl groups excluding tert-OH is 1. The fourth-order valence-corrected chi connectivity index (χ4v) is 2.87. The third kappa shape index (κ3) is 4.47. The summed E-state index contributed by atoms with van der Waals surface area (Å²) < 4.78 is 13.1. The van der Waals surface area contributed by atoms with Crippen molar-refractivity contribution in [2.75, 3.05) is 6.61 Å². The highest BCUT2D eigenvalue weighted by Gasteiger charge is 2.10. The minimum absolute atomic E-state index is 0.165. The van der Waals surface area contributed by atoms with Crippen LogP contribution < -0.4 is 9.47 Å². The van der Waals surface area contributed by atoms with Gasteiger partial charge in [-0.25, -0.2) is 4.68 Å². The second-order valence-electron chi connectivity index (χ2n) is 6.47. The molecule has 0 amide bonds. The van der Waals surface area contributed by atoms with E-state index in [4.69, 9.17) is 9.47 Å². The van der Waals surface area contributed by atoms with Crippen LogP contribution in [0.2, 0.25) is 0 Å². The van der Waals surface area contributed by atoms with E-state index in [-0.39, 0.29) is 6.61 Å². The number of ether oxygens (including phenoxy) is 2. The zero-order chi connectivity index (χ0) is 19.2. The zero-order valence-corrected chi connectivity index (χ0v) is 15.3. The Bertz CT molecular complexity index is 1020. The van der Waals surface area contributed by atoms with Crippen LogP contribution >= 0.6 is 0 Å². The Morgan fingerprint density at radius 3 is 2.29 bits per heavy atom. The lowest BCUT2D eigenvalue weighted by Crippen LogP contribution is -2.24. The molecule has 1 heterocycles. The molecule has 142 valence electrons. The van der Waals surface area contributed by atoms with Gasteiger partial charge in [0, 0.05) is 0 Å². The van der Waals surface area contributed by atoms with Crippen LogP contribution in [-0.4, -0.2) is 32.8 Å². The van der Waals surface area contributed by atoms with Gasteiger partial charge in [-0.3, -0.25) is 0 Å². The van der Waals surface area contributed by atoms with Gasteiger partial charge in [-0.2, -0.15) is 0 Å². The highest BCUT2D eigenvalue weighted by molar-refractivity contribution is 5.73. The molecule has 0 spiro atoms. The molecular weight excluding hydrogens is 354 g/mol. The lowest BCUT2D eigenvalue weighted by atomic mass is 10.2. The number of rotatable bonds is 8. The molecule has 4 aromatic rings. The summed E-state index contributed by atoms with van der Waals surface area (Å²) in [7, 11) is 0. The zero-order valence-electron chi connectivity index (χ0n) is 15.3. The maximum Gasteiger partial charge on any atom is 0.120 e. The average Bonchev–Trinajstić information content (AvgIpc) is 3.15. The van der Waals surface area contributed by atoms with Gasteiger partial charge < -0.3 is 14.6 Å². The summed E-state index contributed by atoms with van der Waals surface area (Å²) in [6.07, 6.45) is -0.695. The summed E-state index contributed by atoms with van der Waals surface area (Å²) in [6.45, 7) is 1.00. The van der Waals surface area contributed by atoms with E-state index in [9.17, 15) is 5.11 Å². The van der Waals surface area contributed by atoms with Gasteiger partial charge in [0.15, 0.2) is 0 Å². The van der Waals surface area contributed by atoms with Crippen molar-refractivity contribution in [1.82, 2.24) is 15.0 Å². The van der Waals surface area contributed by atoms with Crippen LogP contribution in [0.1, 0.15) is 5.56 Å². The summed E-state index contributed by atoms with van der Waals surface area (Å²) in [5, 5.41) is 18.4. The predicted octanol–water partition coefficient (Wildman–Crippen LogP) is 3.45. The third-order valence-electron chi connectivity index (χ3n) is 4.32. The summed E-state index contributed by atoms with van der Waals surface area (Å²) in [5.41, 5.74) is 2.81. The second-order valence-corrected chi connectivity index (χ2v) is 6.47. The quantitative estimate of drug-likeness (QED) is 0.511. The highest BCUT2D eigenvalue weighted by Crippen LogP contribution is 2.19. The van der Waals surface area contributed by atoms with Gasteiger partial charge in [0.25, 0.3) is 0 Å². The molecule has 0 unspecified atom stereocenters. The summed E-state index contributed by atoms with van der Waals surface area (Å²) in [5.74, 6) is 1.44. The molecule has 3 aromatic carbocycles. The Labute approximate surface area is 163 Å². The van der Waals surface area contributed by atoms with E-state index in [0.717, 1.165) is 22.3 Å². The summed E-state index contributed by atoms with van der Waals surface area (Å²) >= 11 is 0. The van der Waals surface area contributed by atoms with Crippen LogP contribution in [0, 0.1) is 0 Å². The van der Waals surface area contributed by atoms with E-state index in [2.05, 4.69) is 10.3 Å². The maximum atomic E-state index is 10.3. The number of aromatic nitrogens is 3. The molecule has 6 nitrogen and oxygen atoms in total. The van der Waals surface area contributed by atoms with Crippen molar-refractivity contribution in [3.8, 4) is 11.5 Å². The Morgan fingerprint density at radius 1 is 0.821 bits per heavy atom. The average molecular weight is 375 g/mol. The monoisotopic (exact) mass is 375 g/mol. The number of benzene rings is 3. The van der Waals surface area contributed by atoms with Gasteiger partial charge in [-0.1, -0.05) is 47.7 Å². The van der Waals surface area contributed by atoms with Gasteiger partial charge in [0.05, 0.1) is 12.1 Å². The minimum Gasteiger partial charge on any atom is -0.491 e. The first-order valence-electron chi connectivity index (χ1n) is 9.14. The Kier molecular flexibility index (Phi) is 5.49. The van der Waals surface area contributed by atoms with E-state index >= 15 is 0 Å². The van der Waals surface area contributed by atoms with Crippen molar-refractivity contribution in [2.45, 2.75) is 19.3 Å². The topological polar surface area (TPSA) is 69.4 Å². The fourth-order valence-electron chi connectivity index (χ4n) is 2.87. The van der Waals surface area contributed by atoms with Crippen molar-refractivity contribution < 1.29 is 14.6 Å². The summed E-state index contributed by atoms with van der Waals surface area (Å²) in [6, 6.07) is 25.0. The molecule has 28 heavy (non-hydrogen) atoms. The van der Waals surface area contributed by atoms with Crippen molar-refractivity contribution in [1.29, 1.82) is 0 Å². The molecule has 1 aromatic heterocycles. The van der Waals surface area contributed by atoms with Crippen molar-refractivity contribution in [3.63, 3.8) is 0 Å². The van der Waals surface area contributed by atoms with Gasteiger partial charge in [0.1, 0.15) is 36.3 Å². The molecule has 0 saturated carbocycles. The van der Waals surface area contributed by atoms with Crippen LogP contribution in [0.3, 0.4) is 0 Å². The van der Waals surface area contributed by atoms with Gasteiger partial charge in [-0.15, -0.1) is 5.10 Å². The van der Waals surface area contributed by atoms with E-state index in [1.807, 2.05) is 78.9 Å². The van der Waals surface area contributed by atoms with Crippen molar-refractivity contribution in [2.24, 2.45) is 0 Å². The van der Waals surface area contributed by atoms with E-state index in [1.165, 1.54) is 0 Å². The molecule has 1 N–H and O–H groups in total. The molecule has 0 aliphatic heterocycles. The molecule has 0 aliphatic carbocycles. The van der Waals surface area contributed by atoms with Crippen LogP contribution in [0.5, 0.6) is 11.5 Å². The van der Waals surface area contributed by atoms with Crippen LogP contribution in [0.25, 0.3) is 11.0 Å². The highest BCUT2D eigenvalue weighted by atomic mass is 16.5. The van der Waals surface area contributed by atoms with Crippen LogP contribution in [0.4, 0.5) is 0 Å². The van der Waals surface area contributed by atoms with Gasteiger partial charge >= 0.3 is 0 Å². The minimum atomic E-state index is -0.695.